The van der Waals surface area contributed by atoms with Gasteiger partial charge >= 0.3 is 0 Å². The molecule has 0 aliphatic heterocycles. The van der Waals surface area contributed by atoms with Gasteiger partial charge in [-0.15, -0.1) is 11.3 Å². The molecule has 0 nitrogen and oxygen atoms in total. The summed E-state index contributed by atoms with van der Waals surface area (Å²) in [5, 5.41) is 0. The molecule has 0 amide bonds. The Hall–Kier alpha value is -1.86. The van der Waals surface area contributed by atoms with E-state index >= 15 is 0 Å². The molecule has 0 radical (unpaired) electrons. The minimum absolute atomic E-state index is 1.03. The maximum atomic E-state index is 2.31. The van der Waals surface area contributed by atoms with E-state index in [4.69, 9.17) is 0 Å². The van der Waals surface area contributed by atoms with Crippen LogP contribution in [0.4, 0.5) is 0 Å². The molecule has 106 valence electrons. The van der Waals surface area contributed by atoms with Crippen molar-refractivity contribution in [3.8, 4) is 10.4 Å². The quantitative estimate of drug-likeness (QED) is 0.563. The van der Waals surface area contributed by atoms with Crippen molar-refractivity contribution in [1.29, 1.82) is 0 Å². The number of rotatable bonds is 4. The molecule has 1 aromatic heterocycles. The van der Waals surface area contributed by atoms with Crippen LogP contribution in [0.15, 0.2) is 60.7 Å². The highest BCUT2D eigenvalue weighted by Gasteiger charge is 2.04. The van der Waals surface area contributed by atoms with Gasteiger partial charge < -0.3 is 0 Å². The van der Waals surface area contributed by atoms with E-state index in [-0.39, 0.29) is 0 Å². The predicted octanol–water partition coefficient (Wildman–Crippen LogP) is 5.88. The third-order valence-electron chi connectivity index (χ3n) is 3.78. The van der Waals surface area contributed by atoms with Gasteiger partial charge in [-0.2, -0.15) is 0 Å². The van der Waals surface area contributed by atoms with Crippen LogP contribution in [0, 0.1) is 6.92 Å². The van der Waals surface area contributed by atoms with Crippen molar-refractivity contribution in [2.75, 3.05) is 0 Å². The van der Waals surface area contributed by atoms with Gasteiger partial charge in [-0.1, -0.05) is 61.0 Å². The normalized spacial score (nSPS) is 10.8. The van der Waals surface area contributed by atoms with Crippen LogP contribution < -0.4 is 0 Å². The predicted molar refractivity (Wildman–Crippen MR) is 93.1 cm³/mol. The lowest BCUT2D eigenvalue weighted by atomic mass is 10.1. The average Bonchev–Trinajstić information content (AvgIpc) is 2.98. The second kappa shape index (κ2) is 6.28. The lowest BCUT2D eigenvalue weighted by Gasteiger charge is -2.01. The molecule has 0 saturated heterocycles. The summed E-state index contributed by atoms with van der Waals surface area (Å²) in [6, 6.07) is 22.2. The van der Waals surface area contributed by atoms with E-state index < -0.39 is 0 Å². The Labute approximate surface area is 131 Å². The molecular formula is C20H20S. The summed E-state index contributed by atoms with van der Waals surface area (Å²) in [5.41, 5.74) is 5.45. The van der Waals surface area contributed by atoms with Crippen molar-refractivity contribution in [2.45, 2.75) is 26.7 Å². The topological polar surface area (TPSA) is 0 Å². The molecule has 0 unspecified atom stereocenters. The highest BCUT2D eigenvalue weighted by molar-refractivity contribution is 7.15. The minimum Gasteiger partial charge on any atom is -0.140 e. The maximum Gasteiger partial charge on any atom is 0.0345 e. The fourth-order valence-corrected chi connectivity index (χ4v) is 3.52. The molecule has 0 bridgehead atoms. The fourth-order valence-electron chi connectivity index (χ4n) is 2.48. The molecular weight excluding hydrogens is 272 g/mol. The number of thiophene rings is 1. The highest BCUT2D eigenvalue weighted by atomic mass is 32.1. The van der Waals surface area contributed by atoms with Crippen LogP contribution in [0.1, 0.15) is 28.5 Å². The molecule has 0 atom stereocenters. The summed E-state index contributed by atoms with van der Waals surface area (Å²) >= 11 is 1.90. The maximum absolute atomic E-state index is 2.31. The summed E-state index contributed by atoms with van der Waals surface area (Å²) in [7, 11) is 0. The van der Waals surface area contributed by atoms with E-state index in [0.29, 0.717) is 0 Å². The zero-order valence-corrected chi connectivity index (χ0v) is 13.4. The van der Waals surface area contributed by atoms with Crippen molar-refractivity contribution in [3.05, 3.63) is 82.2 Å². The number of hydrogen-bond acceptors (Lipinski definition) is 1. The first kappa shape index (κ1) is 14.1. The summed E-state index contributed by atoms with van der Waals surface area (Å²) in [4.78, 5) is 2.79. The van der Waals surface area contributed by atoms with Gasteiger partial charge in [0.2, 0.25) is 0 Å². The molecule has 0 aliphatic carbocycles. The monoisotopic (exact) mass is 292 g/mol. The molecule has 1 heterocycles. The van der Waals surface area contributed by atoms with Gasteiger partial charge in [-0.3, -0.25) is 0 Å². The SMILES string of the molecule is CCc1cccc(-c2ccc(Cc3ccc(C)cc3)s2)c1. The van der Waals surface area contributed by atoms with Crippen LogP contribution in [0.3, 0.4) is 0 Å². The van der Waals surface area contributed by atoms with Crippen LogP contribution >= 0.6 is 11.3 Å². The average molecular weight is 292 g/mol. The van der Waals surface area contributed by atoms with Crippen molar-refractivity contribution in [2.24, 2.45) is 0 Å². The summed E-state index contributed by atoms with van der Waals surface area (Å²) in [5.74, 6) is 0. The Morgan fingerprint density at radius 1 is 0.857 bits per heavy atom. The van der Waals surface area contributed by atoms with Gasteiger partial charge in [0.05, 0.1) is 0 Å². The summed E-state index contributed by atoms with van der Waals surface area (Å²) in [6.45, 7) is 4.34. The standard InChI is InChI=1S/C20H20S/c1-3-16-5-4-6-18(13-16)20-12-11-19(21-20)14-17-9-7-15(2)8-10-17/h4-13H,3,14H2,1-2H3. The highest BCUT2D eigenvalue weighted by Crippen LogP contribution is 2.30. The van der Waals surface area contributed by atoms with Gasteiger partial charge in [-0.25, -0.2) is 0 Å². The van der Waals surface area contributed by atoms with Crippen LogP contribution in [-0.2, 0) is 12.8 Å². The Morgan fingerprint density at radius 3 is 2.43 bits per heavy atom. The summed E-state index contributed by atoms with van der Waals surface area (Å²) < 4.78 is 0. The van der Waals surface area contributed by atoms with Crippen molar-refractivity contribution < 1.29 is 0 Å². The third kappa shape index (κ3) is 3.43. The molecule has 0 saturated carbocycles. The van der Waals surface area contributed by atoms with Gasteiger partial charge in [-0.05, 0) is 42.2 Å². The zero-order valence-electron chi connectivity index (χ0n) is 12.6. The summed E-state index contributed by atoms with van der Waals surface area (Å²) in [6.07, 6.45) is 2.12. The van der Waals surface area contributed by atoms with E-state index in [2.05, 4.69) is 74.5 Å². The van der Waals surface area contributed by atoms with Crippen molar-refractivity contribution in [1.82, 2.24) is 0 Å². The molecule has 0 spiro atoms. The molecule has 0 N–H and O–H groups in total. The smallest absolute Gasteiger partial charge is 0.0345 e. The molecule has 0 aliphatic rings. The van der Waals surface area contributed by atoms with Crippen LogP contribution in [-0.4, -0.2) is 0 Å². The Bertz CT molecular complexity index is 720. The van der Waals surface area contributed by atoms with Crippen LogP contribution in [0.5, 0.6) is 0 Å². The Kier molecular flexibility index (Phi) is 4.21. The van der Waals surface area contributed by atoms with Gasteiger partial charge in [0.1, 0.15) is 0 Å². The second-order valence-corrected chi connectivity index (χ2v) is 6.65. The first-order valence-corrected chi connectivity index (χ1v) is 8.30. The van der Waals surface area contributed by atoms with E-state index in [1.807, 2.05) is 11.3 Å². The van der Waals surface area contributed by atoms with Gasteiger partial charge in [0.25, 0.3) is 0 Å². The molecule has 1 heteroatoms. The van der Waals surface area contributed by atoms with Crippen LogP contribution in [0.2, 0.25) is 0 Å². The molecule has 0 fully saturated rings. The number of benzene rings is 2. The molecule has 3 rings (SSSR count). The fraction of sp³-hybridized carbons (Fsp3) is 0.200. The van der Waals surface area contributed by atoms with E-state index in [1.54, 1.807) is 0 Å². The molecule has 21 heavy (non-hydrogen) atoms. The van der Waals surface area contributed by atoms with Gasteiger partial charge in [0, 0.05) is 16.2 Å². The largest absolute Gasteiger partial charge is 0.140 e. The van der Waals surface area contributed by atoms with E-state index in [0.717, 1.165) is 12.8 Å². The first-order chi connectivity index (χ1) is 10.2. The zero-order chi connectivity index (χ0) is 14.7. The molecule has 3 aromatic rings. The van der Waals surface area contributed by atoms with Crippen LogP contribution in [0.25, 0.3) is 10.4 Å². The minimum atomic E-state index is 1.03. The third-order valence-corrected chi connectivity index (χ3v) is 4.91. The number of hydrogen-bond donors (Lipinski definition) is 0. The lowest BCUT2D eigenvalue weighted by Crippen LogP contribution is -1.84. The van der Waals surface area contributed by atoms with Crippen molar-refractivity contribution in [3.63, 3.8) is 0 Å². The van der Waals surface area contributed by atoms with E-state index in [9.17, 15) is 0 Å². The van der Waals surface area contributed by atoms with E-state index in [1.165, 1.54) is 32.0 Å². The van der Waals surface area contributed by atoms with Crippen molar-refractivity contribution >= 4 is 11.3 Å². The molecule has 2 aromatic carbocycles. The lowest BCUT2D eigenvalue weighted by molar-refractivity contribution is 1.14. The second-order valence-electron chi connectivity index (χ2n) is 5.48. The van der Waals surface area contributed by atoms with Gasteiger partial charge in [0.15, 0.2) is 0 Å². The Morgan fingerprint density at radius 2 is 1.67 bits per heavy atom. The Balaban J connectivity index is 1.81. The number of aryl methyl sites for hydroxylation is 2. The first-order valence-electron chi connectivity index (χ1n) is 7.48.